The lowest BCUT2D eigenvalue weighted by atomic mass is 10.1. The summed E-state index contributed by atoms with van der Waals surface area (Å²) in [7, 11) is -3.15. The van der Waals surface area contributed by atoms with E-state index in [2.05, 4.69) is 21.5 Å². The predicted molar refractivity (Wildman–Crippen MR) is 88.5 cm³/mol. The highest BCUT2D eigenvalue weighted by Crippen LogP contribution is 2.32. The normalized spacial score (nSPS) is 18.6. The molecular weight excluding hydrogens is 322 g/mol. The first kappa shape index (κ1) is 17.2. The number of sulfonamides is 1. The highest BCUT2D eigenvalue weighted by atomic mass is 32.2. The Kier molecular flexibility index (Phi) is 6.22. The molecule has 22 heavy (non-hydrogen) atoms. The molecule has 1 saturated heterocycles. The first-order valence-electron chi connectivity index (χ1n) is 7.57. The third kappa shape index (κ3) is 4.69. The second-order valence-electron chi connectivity index (χ2n) is 5.29. The summed E-state index contributed by atoms with van der Waals surface area (Å²) in [6.07, 6.45) is 2.60. The molecule has 1 aromatic rings. The van der Waals surface area contributed by atoms with E-state index in [4.69, 9.17) is 0 Å². The molecule has 8 heteroatoms. The van der Waals surface area contributed by atoms with Gasteiger partial charge in [-0.25, -0.2) is 17.9 Å². The molecule has 0 bridgehead atoms. The van der Waals surface area contributed by atoms with Crippen LogP contribution in [-0.4, -0.2) is 44.7 Å². The van der Waals surface area contributed by atoms with Crippen molar-refractivity contribution in [2.45, 2.75) is 32.2 Å². The Labute approximate surface area is 135 Å². The number of carbonyl (C=O) groups excluding carboxylic acids is 1. The summed E-state index contributed by atoms with van der Waals surface area (Å²) >= 11 is 1.65. The van der Waals surface area contributed by atoms with Crippen LogP contribution < -0.4 is 10.0 Å². The van der Waals surface area contributed by atoms with Gasteiger partial charge >= 0.3 is 6.03 Å². The molecule has 0 aliphatic carbocycles. The van der Waals surface area contributed by atoms with Crippen molar-refractivity contribution >= 4 is 27.4 Å². The van der Waals surface area contributed by atoms with E-state index in [0.29, 0.717) is 19.5 Å². The average Bonchev–Trinajstić information content (AvgIpc) is 3.17. The van der Waals surface area contributed by atoms with Gasteiger partial charge in [0.2, 0.25) is 10.0 Å². The summed E-state index contributed by atoms with van der Waals surface area (Å²) in [4.78, 5) is 14.1. The van der Waals surface area contributed by atoms with Crippen LogP contribution in [0, 0.1) is 0 Å². The molecule has 1 aliphatic heterocycles. The van der Waals surface area contributed by atoms with E-state index in [1.165, 1.54) is 5.56 Å². The molecule has 1 atom stereocenters. The minimum absolute atomic E-state index is 0.0629. The summed E-state index contributed by atoms with van der Waals surface area (Å²) in [5.41, 5.74) is 1.20. The molecule has 124 valence electrons. The molecule has 0 spiro atoms. The van der Waals surface area contributed by atoms with Crippen molar-refractivity contribution in [2.24, 2.45) is 0 Å². The molecule has 2 N–H and O–H groups in total. The first-order chi connectivity index (χ1) is 10.5. The highest BCUT2D eigenvalue weighted by molar-refractivity contribution is 7.89. The Balaban J connectivity index is 1.73. The van der Waals surface area contributed by atoms with E-state index in [0.717, 1.165) is 19.4 Å². The van der Waals surface area contributed by atoms with Crippen molar-refractivity contribution in [2.75, 3.05) is 25.4 Å². The van der Waals surface area contributed by atoms with Gasteiger partial charge in [0.15, 0.2) is 0 Å². The lowest BCUT2D eigenvalue weighted by Gasteiger charge is -2.24. The number of carbonyl (C=O) groups is 1. The largest absolute Gasteiger partial charge is 0.338 e. The van der Waals surface area contributed by atoms with E-state index < -0.39 is 10.0 Å². The molecule has 6 nitrogen and oxygen atoms in total. The van der Waals surface area contributed by atoms with Crippen LogP contribution in [0.25, 0.3) is 0 Å². The fourth-order valence-corrected chi connectivity index (χ4v) is 3.90. The molecule has 1 fully saturated rings. The Bertz CT molecular complexity index is 572. The van der Waals surface area contributed by atoms with Crippen LogP contribution in [0.2, 0.25) is 0 Å². The van der Waals surface area contributed by atoms with Crippen molar-refractivity contribution in [3.05, 3.63) is 22.4 Å². The van der Waals surface area contributed by atoms with E-state index in [1.54, 1.807) is 18.3 Å². The molecule has 1 unspecified atom stereocenters. The van der Waals surface area contributed by atoms with Gasteiger partial charge in [0.05, 0.1) is 11.8 Å². The molecule has 0 saturated carbocycles. The summed E-state index contributed by atoms with van der Waals surface area (Å²) in [5.74, 6) is 0.0788. The van der Waals surface area contributed by atoms with E-state index in [-0.39, 0.29) is 17.8 Å². The highest BCUT2D eigenvalue weighted by Gasteiger charge is 2.29. The molecule has 0 radical (unpaired) electrons. The number of hydrogen-bond donors (Lipinski definition) is 2. The van der Waals surface area contributed by atoms with Crippen LogP contribution in [-0.2, 0) is 10.0 Å². The van der Waals surface area contributed by atoms with Crippen molar-refractivity contribution < 1.29 is 13.2 Å². The second kappa shape index (κ2) is 7.94. The third-order valence-corrected chi connectivity index (χ3v) is 5.88. The number of urea groups is 1. The van der Waals surface area contributed by atoms with Crippen LogP contribution in [0.3, 0.4) is 0 Å². The van der Waals surface area contributed by atoms with Gasteiger partial charge in [-0.05, 0) is 48.6 Å². The zero-order valence-corrected chi connectivity index (χ0v) is 14.4. The molecule has 1 aromatic heterocycles. The smallest absolute Gasteiger partial charge is 0.317 e. The Hall–Kier alpha value is -1.12. The van der Waals surface area contributed by atoms with Crippen molar-refractivity contribution in [1.82, 2.24) is 14.9 Å². The maximum absolute atomic E-state index is 12.2. The van der Waals surface area contributed by atoms with E-state index in [1.807, 2.05) is 10.3 Å². The van der Waals surface area contributed by atoms with Gasteiger partial charge in [0.25, 0.3) is 0 Å². The lowest BCUT2D eigenvalue weighted by Crippen LogP contribution is -2.40. The van der Waals surface area contributed by atoms with Gasteiger partial charge in [-0.15, -0.1) is 0 Å². The predicted octanol–water partition coefficient (Wildman–Crippen LogP) is 1.92. The number of amides is 2. The van der Waals surface area contributed by atoms with Crippen molar-refractivity contribution in [1.29, 1.82) is 0 Å². The fourth-order valence-electron chi connectivity index (χ4n) is 2.54. The van der Waals surface area contributed by atoms with E-state index in [9.17, 15) is 13.2 Å². The van der Waals surface area contributed by atoms with Gasteiger partial charge in [0, 0.05) is 19.6 Å². The monoisotopic (exact) mass is 345 g/mol. The van der Waals surface area contributed by atoms with E-state index >= 15 is 0 Å². The molecule has 2 rings (SSSR count). The number of thiophene rings is 1. The summed E-state index contributed by atoms with van der Waals surface area (Å²) in [5, 5.41) is 7.00. The number of likely N-dealkylation sites (tertiary alicyclic amines) is 1. The SMILES string of the molecule is CCS(=O)(=O)NCCCNC(=O)N1CCCC1c1ccsc1. The van der Waals surface area contributed by atoms with Crippen LogP contribution >= 0.6 is 11.3 Å². The zero-order valence-electron chi connectivity index (χ0n) is 12.7. The minimum Gasteiger partial charge on any atom is -0.338 e. The molecular formula is C14H23N3O3S2. The number of nitrogens with one attached hydrogen (secondary N) is 2. The lowest BCUT2D eigenvalue weighted by molar-refractivity contribution is 0.193. The fraction of sp³-hybridized carbons (Fsp3) is 0.643. The van der Waals surface area contributed by atoms with Crippen LogP contribution in [0.4, 0.5) is 4.79 Å². The summed E-state index contributed by atoms with van der Waals surface area (Å²) < 4.78 is 25.0. The zero-order chi connectivity index (χ0) is 16.0. The number of rotatable bonds is 7. The first-order valence-corrected chi connectivity index (χ1v) is 10.2. The molecule has 2 heterocycles. The molecule has 1 aliphatic rings. The van der Waals surface area contributed by atoms with Gasteiger partial charge < -0.3 is 10.2 Å². The van der Waals surface area contributed by atoms with Gasteiger partial charge in [0.1, 0.15) is 0 Å². The van der Waals surface area contributed by atoms with Crippen LogP contribution in [0.15, 0.2) is 16.8 Å². The van der Waals surface area contributed by atoms with Crippen molar-refractivity contribution in [3.63, 3.8) is 0 Å². The van der Waals surface area contributed by atoms with Crippen LogP contribution in [0.1, 0.15) is 37.8 Å². The Morgan fingerprint density at radius 3 is 2.95 bits per heavy atom. The summed E-state index contributed by atoms with van der Waals surface area (Å²) in [6.45, 7) is 3.19. The Morgan fingerprint density at radius 1 is 1.45 bits per heavy atom. The maximum atomic E-state index is 12.2. The standard InChI is InChI=1S/C14H23N3O3S2/c1-2-22(19,20)16-8-4-7-15-14(18)17-9-3-5-13(17)12-6-10-21-11-12/h6,10-11,13,16H,2-5,7-9H2,1H3,(H,15,18). The quantitative estimate of drug-likeness (QED) is 0.741. The topological polar surface area (TPSA) is 78.5 Å². The number of nitrogens with zero attached hydrogens (tertiary/aromatic N) is 1. The maximum Gasteiger partial charge on any atom is 0.317 e. The van der Waals surface area contributed by atoms with Crippen LogP contribution in [0.5, 0.6) is 0 Å². The second-order valence-corrected chi connectivity index (χ2v) is 8.17. The minimum atomic E-state index is -3.15. The number of hydrogen-bond acceptors (Lipinski definition) is 4. The Morgan fingerprint density at radius 2 is 2.27 bits per heavy atom. The molecule has 2 amide bonds. The van der Waals surface area contributed by atoms with Crippen molar-refractivity contribution in [3.8, 4) is 0 Å². The third-order valence-electron chi connectivity index (χ3n) is 3.77. The molecule has 0 aromatic carbocycles. The average molecular weight is 345 g/mol. The summed E-state index contributed by atoms with van der Waals surface area (Å²) in [6, 6.07) is 2.18. The van der Waals surface area contributed by atoms with Gasteiger partial charge in [-0.1, -0.05) is 0 Å². The van der Waals surface area contributed by atoms with Gasteiger partial charge in [-0.3, -0.25) is 0 Å². The van der Waals surface area contributed by atoms with Gasteiger partial charge in [-0.2, -0.15) is 11.3 Å².